The molecule has 0 aliphatic heterocycles. The first-order valence-corrected chi connectivity index (χ1v) is 7.06. The van der Waals surface area contributed by atoms with Crippen molar-refractivity contribution >= 4 is 10.9 Å². The predicted molar refractivity (Wildman–Crippen MR) is 84.3 cm³/mol. The van der Waals surface area contributed by atoms with Gasteiger partial charge in [0.2, 0.25) is 5.88 Å². The molecule has 108 valence electrons. The summed E-state index contributed by atoms with van der Waals surface area (Å²) < 4.78 is 21.0. The third-order valence-corrected chi connectivity index (χ3v) is 3.71. The molecule has 1 heterocycles. The first-order chi connectivity index (χ1) is 10.1. The predicted octanol–water partition coefficient (Wildman–Crippen LogP) is 5.04. The van der Waals surface area contributed by atoms with Gasteiger partial charge < -0.3 is 9.30 Å². The van der Waals surface area contributed by atoms with Crippen molar-refractivity contribution in [1.82, 2.24) is 4.57 Å². The molecule has 0 fully saturated rings. The van der Waals surface area contributed by atoms with Gasteiger partial charge in [-0.25, -0.2) is 4.39 Å². The summed E-state index contributed by atoms with van der Waals surface area (Å²) in [4.78, 5) is 0. The van der Waals surface area contributed by atoms with E-state index >= 15 is 0 Å². The number of benzene rings is 2. The van der Waals surface area contributed by atoms with E-state index < -0.39 is 0 Å². The lowest BCUT2D eigenvalue weighted by atomic mass is 10.0. The Balaban J connectivity index is 2.38. The van der Waals surface area contributed by atoms with Gasteiger partial charge in [0.15, 0.2) is 0 Å². The lowest BCUT2D eigenvalue weighted by Gasteiger charge is -2.14. The van der Waals surface area contributed by atoms with Crippen LogP contribution in [0.15, 0.2) is 48.5 Å². The molecule has 2 nitrogen and oxygen atoms in total. The van der Waals surface area contributed by atoms with Crippen LogP contribution in [0.5, 0.6) is 5.88 Å². The van der Waals surface area contributed by atoms with Crippen LogP contribution in [-0.2, 0) is 0 Å². The third-order valence-electron chi connectivity index (χ3n) is 3.71. The Morgan fingerprint density at radius 3 is 2.29 bits per heavy atom. The number of nitrogens with zero attached hydrogens (tertiary/aromatic N) is 1. The van der Waals surface area contributed by atoms with Crippen molar-refractivity contribution in [3.8, 4) is 17.0 Å². The van der Waals surface area contributed by atoms with E-state index in [1.807, 2.05) is 12.1 Å². The van der Waals surface area contributed by atoms with Crippen LogP contribution >= 0.6 is 0 Å². The molecule has 2 aromatic carbocycles. The van der Waals surface area contributed by atoms with Crippen molar-refractivity contribution < 1.29 is 9.13 Å². The first-order valence-electron chi connectivity index (χ1n) is 7.06. The van der Waals surface area contributed by atoms with Gasteiger partial charge in [-0.2, -0.15) is 0 Å². The molecule has 0 amide bonds. The Hall–Kier alpha value is -2.29. The summed E-state index contributed by atoms with van der Waals surface area (Å²) in [6.45, 7) is 4.26. The highest BCUT2D eigenvalue weighted by Crippen LogP contribution is 2.41. The molecule has 0 unspecified atom stereocenters. The van der Waals surface area contributed by atoms with E-state index in [0.717, 1.165) is 27.9 Å². The molecule has 0 saturated carbocycles. The SMILES string of the molecule is COc1c(-c2ccc(F)cc2)c2ccccc2n1C(C)C. The quantitative estimate of drug-likeness (QED) is 0.657. The molecule has 0 bridgehead atoms. The lowest BCUT2D eigenvalue weighted by molar-refractivity contribution is 0.367. The monoisotopic (exact) mass is 283 g/mol. The third kappa shape index (κ3) is 2.19. The first kappa shape index (κ1) is 13.7. The summed E-state index contributed by atoms with van der Waals surface area (Å²) in [6, 6.07) is 15.0. The summed E-state index contributed by atoms with van der Waals surface area (Å²) in [5.41, 5.74) is 3.11. The molecule has 0 spiro atoms. The molecule has 1 aromatic heterocycles. The molecule has 0 atom stereocenters. The zero-order valence-corrected chi connectivity index (χ0v) is 12.4. The van der Waals surface area contributed by atoms with Gasteiger partial charge in [-0.3, -0.25) is 0 Å². The van der Waals surface area contributed by atoms with Gasteiger partial charge in [0.1, 0.15) is 5.82 Å². The molecule has 3 heteroatoms. The Labute approximate surface area is 123 Å². The van der Waals surface area contributed by atoms with Crippen molar-refractivity contribution in [2.24, 2.45) is 0 Å². The Morgan fingerprint density at radius 1 is 1.00 bits per heavy atom. The van der Waals surface area contributed by atoms with Gasteiger partial charge in [-0.15, -0.1) is 0 Å². The van der Waals surface area contributed by atoms with Crippen molar-refractivity contribution in [2.45, 2.75) is 19.9 Å². The van der Waals surface area contributed by atoms with Gasteiger partial charge in [0.05, 0.1) is 18.2 Å². The smallest absolute Gasteiger partial charge is 0.202 e. The second-order valence-electron chi connectivity index (χ2n) is 5.37. The number of methoxy groups -OCH3 is 1. The maximum Gasteiger partial charge on any atom is 0.202 e. The van der Waals surface area contributed by atoms with Crippen LogP contribution in [0.1, 0.15) is 19.9 Å². The van der Waals surface area contributed by atoms with Gasteiger partial charge in [-0.1, -0.05) is 30.3 Å². The average Bonchev–Trinajstić information content (AvgIpc) is 2.82. The van der Waals surface area contributed by atoms with Gasteiger partial charge >= 0.3 is 0 Å². The zero-order chi connectivity index (χ0) is 15.0. The summed E-state index contributed by atoms with van der Waals surface area (Å²) in [5.74, 6) is 0.586. The van der Waals surface area contributed by atoms with Crippen LogP contribution in [-0.4, -0.2) is 11.7 Å². The topological polar surface area (TPSA) is 14.2 Å². The van der Waals surface area contributed by atoms with E-state index in [1.54, 1.807) is 19.2 Å². The molecular formula is C18H18FNO. The largest absolute Gasteiger partial charge is 0.482 e. The van der Waals surface area contributed by atoms with Crippen LogP contribution in [0.25, 0.3) is 22.0 Å². The van der Waals surface area contributed by atoms with E-state index in [4.69, 9.17) is 4.74 Å². The average molecular weight is 283 g/mol. The Morgan fingerprint density at radius 2 is 1.67 bits per heavy atom. The number of para-hydroxylation sites is 1. The molecule has 0 aliphatic rings. The van der Waals surface area contributed by atoms with Crippen LogP contribution in [0, 0.1) is 5.82 Å². The van der Waals surface area contributed by atoms with E-state index in [0.29, 0.717) is 0 Å². The van der Waals surface area contributed by atoms with Crippen LogP contribution < -0.4 is 4.74 Å². The number of hydrogen-bond donors (Lipinski definition) is 0. The molecule has 0 aliphatic carbocycles. The minimum absolute atomic E-state index is 0.231. The maximum absolute atomic E-state index is 13.2. The van der Waals surface area contributed by atoms with Crippen LogP contribution in [0.3, 0.4) is 0 Å². The van der Waals surface area contributed by atoms with Gasteiger partial charge in [0.25, 0.3) is 0 Å². The minimum Gasteiger partial charge on any atom is -0.482 e. The van der Waals surface area contributed by atoms with Crippen molar-refractivity contribution in [3.05, 3.63) is 54.3 Å². The fourth-order valence-corrected chi connectivity index (χ4v) is 2.85. The number of fused-ring (bicyclic) bond motifs is 1. The molecule has 0 N–H and O–H groups in total. The lowest BCUT2D eigenvalue weighted by Crippen LogP contribution is -2.03. The molecule has 3 aromatic rings. The number of aromatic nitrogens is 1. The Kier molecular flexibility index (Phi) is 3.42. The van der Waals surface area contributed by atoms with E-state index in [9.17, 15) is 4.39 Å². The molecule has 3 rings (SSSR count). The highest BCUT2D eigenvalue weighted by Gasteiger charge is 2.20. The summed E-state index contributed by atoms with van der Waals surface area (Å²) in [7, 11) is 1.68. The molecule has 21 heavy (non-hydrogen) atoms. The highest BCUT2D eigenvalue weighted by atomic mass is 19.1. The van der Waals surface area contributed by atoms with Gasteiger partial charge in [0, 0.05) is 11.4 Å². The normalized spacial score (nSPS) is 11.3. The van der Waals surface area contributed by atoms with Crippen molar-refractivity contribution in [2.75, 3.05) is 7.11 Å². The fraction of sp³-hybridized carbons (Fsp3) is 0.222. The summed E-state index contributed by atoms with van der Waals surface area (Å²) >= 11 is 0. The summed E-state index contributed by atoms with van der Waals surface area (Å²) in [6.07, 6.45) is 0. The molecule has 0 saturated heterocycles. The minimum atomic E-state index is -0.231. The standard InChI is InChI=1S/C18H18FNO/c1-12(2)20-16-7-5-4-6-15(16)17(18(20)21-3)13-8-10-14(19)11-9-13/h4-12H,1-3H3. The van der Waals surface area contributed by atoms with Crippen molar-refractivity contribution in [1.29, 1.82) is 0 Å². The van der Waals surface area contributed by atoms with E-state index in [-0.39, 0.29) is 11.9 Å². The highest BCUT2D eigenvalue weighted by molar-refractivity contribution is 5.99. The second kappa shape index (κ2) is 5.24. The zero-order valence-electron chi connectivity index (χ0n) is 12.4. The number of halogens is 1. The Bertz CT molecular complexity index is 772. The number of ether oxygens (including phenoxy) is 1. The molecular weight excluding hydrogens is 265 g/mol. The molecule has 0 radical (unpaired) electrons. The van der Waals surface area contributed by atoms with E-state index in [1.165, 1.54) is 12.1 Å². The van der Waals surface area contributed by atoms with E-state index in [2.05, 4.69) is 30.5 Å². The van der Waals surface area contributed by atoms with Crippen LogP contribution in [0.2, 0.25) is 0 Å². The number of rotatable bonds is 3. The van der Waals surface area contributed by atoms with Gasteiger partial charge in [-0.05, 0) is 37.6 Å². The maximum atomic E-state index is 13.2. The van der Waals surface area contributed by atoms with Crippen LogP contribution in [0.4, 0.5) is 4.39 Å². The number of hydrogen-bond acceptors (Lipinski definition) is 1. The summed E-state index contributed by atoms with van der Waals surface area (Å²) in [5, 5.41) is 1.12. The van der Waals surface area contributed by atoms with Crippen molar-refractivity contribution in [3.63, 3.8) is 0 Å². The second-order valence-corrected chi connectivity index (χ2v) is 5.37. The fourth-order valence-electron chi connectivity index (χ4n) is 2.85.